The second-order valence-electron chi connectivity index (χ2n) is 4.54. The van der Waals surface area contributed by atoms with Crippen molar-refractivity contribution in [3.05, 3.63) is 23.2 Å². The fourth-order valence-corrected chi connectivity index (χ4v) is 2.17. The zero-order chi connectivity index (χ0) is 16.1. The molecule has 2 N–H and O–H groups in total. The van der Waals surface area contributed by atoms with Crippen molar-refractivity contribution in [1.29, 1.82) is 0 Å². The van der Waals surface area contributed by atoms with E-state index in [9.17, 15) is 18.4 Å². The van der Waals surface area contributed by atoms with Crippen molar-refractivity contribution in [3.8, 4) is 5.75 Å². The van der Waals surface area contributed by atoms with E-state index in [0.717, 1.165) is 0 Å². The van der Waals surface area contributed by atoms with Gasteiger partial charge in [-0.25, -0.2) is 0 Å². The van der Waals surface area contributed by atoms with E-state index in [1.54, 1.807) is 0 Å². The molecule has 1 aliphatic rings. The molecule has 0 saturated carbocycles. The molecule has 6 nitrogen and oxygen atoms in total. The van der Waals surface area contributed by atoms with E-state index < -0.39 is 6.61 Å². The van der Waals surface area contributed by atoms with E-state index in [4.69, 9.17) is 11.6 Å². The van der Waals surface area contributed by atoms with Crippen LogP contribution in [0.4, 0.5) is 14.5 Å². The number of nitrogens with zero attached hydrogens (tertiary/aromatic N) is 1. The van der Waals surface area contributed by atoms with Crippen molar-refractivity contribution >= 4 is 29.1 Å². The SMILES string of the molecule is O=C1CN(C(=O)CNc2ccc(OC(F)F)c(Cl)c2)CCN1. The quantitative estimate of drug-likeness (QED) is 0.852. The minimum Gasteiger partial charge on any atom is -0.433 e. The maximum absolute atomic E-state index is 12.1. The van der Waals surface area contributed by atoms with Gasteiger partial charge in [0.1, 0.15) is 5.75 Å². The molecule has 2 rings (SSSR count). The van der Waals surface area contributed by atoms with Crippen LogP contribution in [0.15, 0.2) is 18.2 Å². The van der Waals surface area contributed by atoms with E-state index in [2.05, 4.69) is 15.4 Å². The van der Waals surface area contributed by atoms with Crippen molar-refractivity contribution in [3.63, 3.8) is 0 Å². The number of halogens is 3. The Labute approximate surface area is 130 Å². The molecule has 0 aromatic heterocycles. The number of hydrogen-bond acceptors (Lipinski definition) is 4. The summed E-state index contributed by atoms with van der Waals surface area (Å²) in [6.45, 7) is -2.08. The van der Waals surface area contributed by atoms with Crippen LogP contribution >= 0.6 is 11.6 Å². The topological polar surface area (TPSA) is 70.7 Å². The summed E-state index contributed by atoms with van der Waals surface area (Å²) in [4.78, 5) is 24.6. The van der Waals surface area contributed by atoms with E-state index in [-0.39, 0.29) is 35.7 Å². The third-order valence-electron chi connectivity index (χ3n) is 2.98. The molecule has 0 unspecified atom stereocenters. The second-order valence-corrected chi connectivity index (χ2v) is 4.95. The van der Waals surface area contributed by atoms with Crippen molar-refractivity contribution in [2.45, 2.75) is 6.61 Å². The van der Waals surface area contributed by atoms with Gasteiger partial charge in [0.15, 0.2) is 0 Å². The molecule has 1 aromatic rings. The normalized spacial score (nSPS) is 14.7. The zero-order valence-corrected chi connectivity index (χ0v) is 12.2. The third-order valence-corrected chi connectivity index (χ3v) is 3.28. The van der Waals surface area contributed by atoms with Crippen LogP contribution in [-0.2, 0) is 9.59 Å². The first kappa shape index (κ1) is 16.3. The maximum atomic E-state index is 12.1. The number of piperazine rings is 1. The predicted octanol–water partition coefficient (Wildman–Crippen LogP) is 1.31. The molecule has 0 bridgehead atoms. The molecule has 1 aliphatic heterocycles. The summed E-state index contributed by atoms with van der Waals surface area (Å²) in [5, 5.41) is 5.46. The highest BCUT2D eigenvalue weighted by atomic mass is 35.5. The Bertz CT molecular complexity index is 571. The van der Waals surface area contributed by atoms with Gasteiger partial charge in [-0.05, 0) is 18.2 Å². The number of nitrogens with one attached hydrogen (secondary N) is 2. The molecule has 22 heavy (non-hydrogen) atoms. The number of hydrogen-bond donors (Lipinski definition) is 2. The molecule has 1 heterocycles. The van der Waals surface area contributed by atoms with Gasteiger partial charge in [0.05, 0.1) is 18.1 Å². The molecule has 1 fully saturated rings. The molecule has 2 amide bonds. The lowest BCUT2D eigenvalue weighted by Crippen LogP contribution is -2.51. The van der Waals surface area contributed by atoms with E-state index >= 15 is 0 Å². The summed E-state index contributed by atoms with van der Waals surface area (Å²) in [6.07, 6.45) is 0. The molecule has 9 heteroatoms. The largest absolute Gasteiger partial charge is 0.433 e. The van der Waals surface area contributed by atoms with Crippen LogP contribution in [0.3, 0.4) is 0 Å². The second kappa shape index (κ2) is 7.26. The molecule has 120 valence electrons. The first-order valence-electron chi connectivity index (χ1n) is 6.48. The van der Waals surface area contributed by atoms with Gasteiger partial charge in [0, 0.05) is 18.8 Å². The van der Waals surface area contributed by atoms with Crippen LogP contribution in [0.25, 0.3) is 0 Å². The highest BCUT2D eigenvalue weighted by molar-refractivity contribution is 6.32. The van der Waals surface area contributed by atoms with Crippen LogP contribution in [0.2, 0.25) is 5.02 Å². The van der Waals surface area contributed by atoms with Gasteiger partial charge in [-0.15, -0.1) is 0 Å². The molecule has 0 atom stereocenters. The average molecular weight is 334 g/mol. The number of anilines is 1. The standard InChI is InChI=1S/C13H14ClF2N3O3/c14-9-5-8(1-2-10(9)22-13(15)16)18-6-12(21)19-4-3-17-11(20)7-19/h1-2,5,13,18H,3-4,6-7H2,(H,17,20). The van der Waals surface area contributed by atoms with Crippen LogP contribution in [0, 0.1) is 0 Å². The molecular formula is C13H14ClF2N3O3. The lowest BCUT2D eigenvalue weighted by molar-refractivity contribution is -0.136. The van der Waals surface area contributed by atoms with Crippen molar-refractivity contribution < 1.29 is 23.1 Å². The number of rotatable bonds is 5. The summed E-state index contributed by atoms with van der Waals surface area (Å²) in [6, 6.07) is 4.14. The van der Waals surface area contributed by atoms with E-state index in [0.29, 0.717) is 18.8 Å². The molecule has 1 saturated heterocycles. The first-order valence-corrected chi connectivity index (χ1v) is 6.86. The minimum atomic E-state index is -2.96. The summed E-state index contributed by atoms with van der Waals surface area (Å²) < 4.78 is 28.4. The number of alkyl halides is 2. The highest BCUT2D eigenvalue weighted by Crippen LogP contribution is 2.28. The van der Waals surface area contributed by atoms with Gasteiger partial charge in [0.2, 0.25) is 11.8 Å². The number of carbonyl (C=O) groups excluding carboxylic acids is 2. The average Bonchev–Trinajstić information content (AvgIpc) is 2.47. The van der Waals surface area contributed by atoms with Crippen molar-refractivity contribution in [2.75, 3.05) is 31.5 Å². The van der Waals surface area contributed by atoms with Crippen molar-refractivity contribution in [1.82, 2.24) is 10.2 Å². The molecular weight excluding hydrogens is 320 g/mol. The molecule has 0 aliphatic carbocycles. The van der Waals surface area contributed by atoms with Crippen LogP contribution < -0.4 is 15.4 Å². The Morgan fingerprint density at radius 3 is 2.91 bits per heavy atom. The smallest absolute Gasteiger partial charge is 0.387 e. The first-order chi connectivity index (χ1) is 10.5. The number of amides is 2. The monoisotopic (exact) mass is 333 g/mol. The van der Waals surface area contributed by atoms with E-state index in [1.807, 2.05) is 0 Å². The Morgan fingerprint density at radius 2 is 2.27 bits per heavy atom. The van der Waals surface area contributed by atoms with Crippen LogP contribution in [-0.4, -0.2) is 49.5 Å². The molecule has 0 radical (unpaired) electrons. The van der Waals surface area contributed by atoms with Crippen LogP contribution in [0.5, 0.6) is 5.75 Å². The lowest BCUT2D eigenvalue weighted by atomic mass is 10.3. The summed E-state index contributed by atoms with van der Waals surface area (Å²) in [5.41, 5.74) is 0.487. The molecule has 1 aromatic carbocycles. The Kier molecular flexibility index (Phi) is 5.37. The van der Waals surface area contributed by atoms with Gasteiger partial charge in [-0.2, -0.15) is 8.78 Å². The molecule has 0 spiro atoms. The lowest BCUT2D eigenvalue weighted by Gasteiger charge is -2.26. The van der Waals surface area contributed by atoms with Gasteiger partial charge < -0.3 is 20.3 Å². The maximum Gasteiger partial charge on any atom is 0.387 e. The van der Waals surface area contributed by atoms with Gasteiger partial charge >= 0.3 is 6.61 Å². The summed E-state index contributed by atoms with van der Waals surface area (Å²) in [5.74, 6) is -0.573. The predicted molar refractivity (Wildman–Crippen MR) is 76.2 cm³/mol. The highest BCUT2D eigenvalue weighted by Gasteiger charge is 2.20. The van der Waals surface area contributed by atoms with E-state index in [1.165, 1.54) is 23.1 Å². The van der Waals surface area contributed by atoms with Crippen molar-refractivity contribution in [2.24, 2.45) is 0 Å². The fraction of sp³-hybridized carbons (Fsp3) is 0.385. The minimum absolute atomic E-state index is 0.00935. The van der Waals surface area contributed by atoms with Gasteiger partial charge in [-0.1, -0.05) is 11.6 Å². The Balaban J connectivity index is 1.89. The van der Waals surface area contributed by atoms with Gasteiger partial charge in [-0.3, -0.25) is 9.59 Å². The number of benzene rings is 1. The third kappa shape index (κ3) is 4.45. The Morgan fingerprint density at radius 1 is 1.50 bits per heavy atom. The number of ether oxygens (including phenoxy) is 1. The van der Waals surface area contributed by atoms with Crippen LogP contribution in [0.1, 0.15) is 0 Å². The summed E-state index contributed by atoms with van der Waals surface area (Å²) >= 11 is 5.81. The number of carbonyl (C=O) groups is 2. The fourth-order valence-electron chi connectivity index (χ4n) is 1.94. The summed E-state index contributed by atoms with van der Waals surface area (Å²) in [7, 11) is 0. The zero-order valence-electron chi connectivity index (χ0n) is 11.4. The van der Waals surface area contributed by atoms with Gasteiger partial charge in [0.25, 0.3) is 0 Å². The Hall–Kier alpha value is -2.09.